The van der Waals surface area contributed by atoms with Crippen LogP contribution in [0.4, 0.5) is 0 Å². The van der Waals surface area contributed by atoms with E-state index in [0.717, 1.165) is 14.2 Å². The first-order valence-corrected chi connectivity index (χ1v) is 9.31. The van der Waals surface area contributed by atoms with E-state index in [1.807, 2.05) is 0 Å². The van der Waals surface area contributed by atoms with Gasteiger partial charge in [-0.25, -0.2) is 19.2 Å². The quantitative estimate of drug-likeness (QED) is 0.537. The molecule has 0 saturated carbocycles. The van der Waals surface area contributed by atoms with Crippen LogP contribution in [0.3, 0.4) is 0 Å². The summed E-state index contributed by atoms with van der Waals surface area (Å²) in [6, 6.07) is 0. The molecule has 9 nitrogen and oxygen atoms in total. The van der Waals surface area contributed by atoms with E-state index in [-0.39, 0.29) is 24.0 Å². The summed E-state index contributed by atoms with van der Waals surface area (Å²) in [7, 11) is 2.32. The number of hydrogen-bond acceptors (Lipinski definition) is 9. The molecule has 29 heavy (non-hydrogen) atoms. The molecule has 0 aromatic rings. The molecule has 1 saturated heterocycles. The summed E-state index contributed by atoms with van der Waals surface area (Å²) < 4.78 is 20.7. The predicted molar refractivity (Wildman–Crippen MR) is 101 cm³/mol. The van der Waals surface area contributed by atoms with Crippen molar-refractivity contribution in [3.63, 3.8) is 0 Å². The third-order valence-electron chi connectivity index (χ3n) is 4.68. The minimum absolute atomic E-state index is 0.0512. The first-order chi connectivity index (χ1) is 13.1. The Balaban J connectivity index is 2.78. The second-order valence-electron chi connectivity index (χ2n) is 9.17. The number of carbonyl (C=O) groups is 4. The van der Waals surface area contributed by atoms with Crippen LogP contribution < -0.4 is 5.32 Å². The molecule has 0 aromatic heterocycles. The summed E-state index contributed by atoms with van der Waals surface area (Å²) >= 11 is 0. The molecule has 0 aliphatic carbocycles. The molecule has 2 aliphatic heterocycles. The molecule has 2 atom stereocenters. The fourth-order valence-electron chi connectivity index (χ4n) is 3.74. The second-order valence-corrected chi connectivity index (χ2v) is 9.17. The number of esters is 4. The van der Waals surface area contributed by atoms with Gasteiger partial charge in [0.25, 0.3) is 0 Å². The lowest BCUT2D eigenvalue weighted by Gasteiger charge is -2.30. The van der Waals surface area contributed by atoms with Gasteiger partial charge >= 0.3 is 23.9 Å². The average molecular weight is 411 g/mol. The largest absolute Gasteiger partial charge is 0.467 e. The maximum Gasteiger partial charge on any atom is 0.337 e. The number of rotatable bonds is 4. The SMILES string of the molecule is COC(=O)C12CCC(C(=O)OC)(N1)C(C(=O)OC(C)(C)C)=C2C(=O)OC(C)(C)C. The maximum atomic E-state index is 13.1. The van der Waals surface area contributed by atoms with Crippen molar-refractivity contribution in [3.8, 4) is 0 Å². The number of ether oxygens (including phenoxy) is 4. The Morgan fingerprint density at radius 3 is 1.28 bits per heavy atom. The highest BCUT2D eigenvalue weighted by Crippen LogP contribution is 2.51. The summed E-state index contributed by atoms with van der Waals surface area (Å²) in [5.74, 6) is -3.41. The molecule has 0 aromatic carbocycles. The normalized spacial score (nSPS) is 26.2. The molecule has 0 radical (unpaired) electrons. The van der Waals surface area contributed by atoms with E-state index in [2.05, 4.69) is 5.32 Å². The van der Waals surface area contributed by atoms with Gasteiger partial charge in [-0.2, -0.15) is 0 Å². The third-order valence-corrected chi connectivity index (χ3v) is 4.68. The van der Waals surface area contributed by atoms with E-state index in [1.54, 1.807) is 41.5 Å². The Morgan fingerprint density at radius 2 is 1.03 bits per heavy atom. The van der Waals surface area contributed by atoms with E-state index in [0.29, 0.717) is 0 Å². The van der Waals surface area contributed by atoms with Gasteiger partial charge in [0.05, 0.1) is 25.4 Å². The molecule has 2 heterocycles. The van der Waals surface area contributed by atoms with Crippen LogP contribution >= 0.6 is 0 Å². The van der Waals surface area contributed by atoms with Crippen LogP contribution in [0, 0.1) is 0 Å². The molecular formula is C20H29NO8. The number of methoxy groups -OCH3 is 2. The van der Waals surface area contributed by atoms with Crippen LogP contribution in [-0.2, 0) is 38.1 Å². The summed E-state index contributed by atoms with van der Waals surface area (Å²) in [6.07, 6.45) is 0.102. The van der Waals surface area contributed by atoms with Gasteiger partial charge in [0.1, 0.15) is 11.2 Å². The van der Waals surface area contributed by atoms with Crippen LogP contribution in [0.15, 0.2) is 11.1 Å². The molecule has 9 heteroatoms. The van der Waals surface area contributed by atoms with E-state index < -0.39 is 46.2 Å². The first-order valence-electron chi connectivity index (χ1n) is 9.31. The third kappa shape index (κ3) is 3.88. The molecule has 2 unspecified atom stereocenters. The first kappa shape index (κ1) is 22.9. The van der Waals surface area contributed by atoms with Gasteiger partial charge in [0, 0.05) is 0 Å². The number of hydrogen-bond donors (Lipinski definition) is 1. The van der Waals surface area contributed by atoms with Crippen molar-refractivity contribution in [1.29, 1.82) is 0 Å². The van der Waals surface area contributed by atoms with E-state index >= 15 is 0 Å². The predicted octanol–water partition coefficient (Wildman–Crippen LogP) is 1.19. The smallest absolute Gasteiger partial charge is 0.337 e. The summed E-state index contributed by atoms with van der Waals surface area (Å²) in [5.41, 5.74) is -5.77. The minimum atomic E-state index is -1.71. The topological polar surface area (TPSA) is 117 Å². The Labute approximate surface area is 170 Å². The Kier molecular flexibility index (Phi) is 5.62. The maximum absolute atomic E-state index is 13.1. The van der Waals surface area contributed by atoms with Crippen LogP contribution in [0.5, 0.6) is 0 Å². The van der Waals surface area contributed by atoms with E-state index in [9.17, 15) is 19.2 Å². The standard InChI is InChI=1S/C20H29NO8/c1-17(2,3)28-13(22)11-12(14(23)29-18(4,5)6)20(16(25)27-8)10-9-19(11,21-20)15(24)26-7/h21H,9-10H2,1-8H3. The van der Waals surface area contributed by atoms with Gasteiger partial charge in [-0.15, -0.1) is 0 Å². The molecule has 2 bridgehead atoms. The number of nitrogens with one attached hydrogen (secondary N) is 1. The van der Waals surface area contributed by atoms with Crippen LogP contribution in [0.25, 0.3) is 0 Å². The van der Waals surface area contributed by atoms with Crippen LogP contribution in [-0.4, -0.2) is 60.4 Å². The van der Waals surface area contributed by atoms with Crippen molar-refractivity contribution < 1.29 is 38.1 Å². The Bertz CT molecular complexity index is 721. The van der Waals surface area contributed by atoms with Gasteiger partial charge in [-0.3, -0.25) is 5.32 Å². The Hall–Kier alpha value is -2.42. The second kappa shape index (κ2) is 7.12. The van der Waals surface area contributed by atoms with Crippen molar-refractivity contribution in [1.82, 2.24) is 5.32 Å². The lowest BCUT2D eigenvalue weighted by Crippen LogP contribution is -2.55. The molecule has 1 fully saturated rings. The van der Waals surface area contributed by atoms with Crippen molar-refractivity contribution in [2.45, 2.75) is 76.7 Å². The molecular weight excluding hydrogens is 382 g/mol. The highest BCUT2D eigenvalue weighted by atomic mass is 16.6. The lowest BCUT2D eigenvalue weighted by atomic mass is 9.76. The number of carbonyl (C=O) groups excluding carboxylic acids is 4. The molecule has 162 valence electrons. The zero-order valence-electron chi connectivity index (χ0n) is 18.2. The van der Waals surface area contributed by atoms with Gasteiger partial charge in [-0.05, 0) is 54.4 Å². The van der Waals surface area contributed by atoms with Gasteiger partial charge in [0.15, 0.2) is 11.1 Å². The molecule has 1 N–H and O–H groups in total. The van der Waals surface area contributed by atoms with Gasteiger partial charge in [-0.1, -0.05) is 0 Å². The lowest BCUT2D eigenvalue weighted by molar-refractivity contribution is -0.157. The summed E-state index contributed by atoms with van der Waals surface area (Å²) in [4.78, 5) is 51.7. The fraction of sp³-hybridized carbons (Fsp3) is 0.700. The number of fused-ring (bicyclic) bond motifs is 2. The van der Waals surface area contributed by atoms with Gasteiger partial charge in [0.2, 0.25) is 0 Å². The monoisotopic (exact) mass is 411 g/mol. The van der Waals surface area contributed by atoms with Crippen LogP contribution in [0.1, 0.15) is 54.4 Å². The van der Waals surface area contributed by atoms with Gasteiger partial charge < -0.3 is 18.9 Å². The molecule has 2 rings (SSSR count). The highest BCUT2D eigenvalue weighted by molar-refractivity contribution is 6.16. The zero-order chi connectivity index (χ0) is 22.4. The molecule has 0 amide bonds. The Morgan fingerprint density at radius 1 is 0.724 bits per heavy atom. The summed E-state index contributed by atoms with van der Waals surface area (Å²) in [6.45, 7) is 9.92. The van der Waals surface area contributed by atoms with Crippen molar-refractivity contribution in [2.75, 3.05) is 14.2 Å². The fourth-order valence-corrected chi connectivity index (χ4v) is 3.74. The van der Waals surface area contributed by atoms with E-state index in [1.165, 1.54) is 0 Å². The van der Waals surface area contributed by atoms with Crippen LogP contribution in [0.2, 0.25) is 0 Å². The minimum Gasteiger partial charge on any atom is -0.467 e. The van der Waals surface area contributed by atoms with E-state index in [4.69, 9.17) is 18.9 Å². The highest BCUT2D eigenvalue weighted by Gasteiger charge is 2.71. The average Bonchev–Trinajstić information content (AvgIpc) is 3.11. The molecule has 2 aliphatic rings. The molecule has 0 spiro atoms. The summed E-state index contributed by atoms with van der Waals surface area (Å²) in [5, 5.41) is 2.86. The zero-order valence-corrected chi connectivity index (χ0v) is 18.2. The van der Waals surface area contributed by atoms with Crippen molar-refractivity contribution in [2.24, 2.45) is 0 Å². The van der Waals surface area contributed by atoms with Crippen molar-refractivity contribution in [3.05, 3.63) is 11.1 Å². The van der Waals surface area contributed by atoms with Crippen molar-refractivity contribution >= 4 is 23.9 Å².